The van der Waals surface area contributed by atoms with Crippen LogP contribution in [0.2, 0.25) is 0 Å². The highest BCUT2D eigenvalue weighted by atomic mass is 33.8. The molecule has 0 rings (SSSR count). The van der Waals surface area contributed by atoms with Gasteiger partial charge in [-0.1, -0.05) is 9.13 Å². The number of hydrogen-bond acceptors (Lipinski definition) is 8. The predicted octanol–water partition coefficient (Wildman–Crippen LogP) is -0.269. The molecule has 4 atom stereocenters. The van der Waals surface area contributed by atoms with Gasteiger partial charge in [0.15, 0.2) is 0 Å². The van der Waals surface area contributed by atoms with Crippen LogP contribution in [-0.4, -0.2) is 8.42 Å². The van der Waals surface area contributed by atoms with Crippen LogP contribution < -0.4 is 9.79 Å². The Balaban J connectivity index is 3.85. The van der Waals surface area contributed by atoms with Gasteiger partial charge in [-0.05, 0) is 0 Å². The SMILES string of the molecule is O=[P+]([O-])S(=O)SSS(=O)[P+](=O)[O-]. The molecule has 0 radical (unpaired) electrons. The second-order valence-electron chi connectivity index (χ2n) is 1.02. The molecular weight excluding hydrogens is 286 g/mol. The molecule has 12 heavy (non-hydrogen) atoms. The van der Waals surface area contributed by atoms with E-state index >= 15 is 0 Å². The lowest BCUT2D eigenvalue weighted by Crippen LogP contribution is -1.90. The summed E-state index contributed by atoms with van der Waals surface area (Å²) in [5.41, 5.74) is 0. The third-order valence-corrected chi connectivity index (χ3v) is 13.1. The average molecular weight is 286 g/mol. The average Bonchev–Trinajstić information content (AvgIpc) is 1.98. The first-order chi connectivity index (χ1) is 5.45. The van der Waals surface area contributed by atoms with Crippen molar-refractivity contribution in [3.8, 4) is 0 Å². The summed E-state index contributed by atoms with van der Waals surface area (Å²) in [6.07, 6.45) is 0. The van der Waals surface area contributed by atoms with Crippen LogP contribution in [-0.2, 0) is 28.0 Å². The number of hydrogen-bond donors (Lipinski definition) is 0. The lowest BCUT2D eigenvalue weighted by atomic mass is 15.9. The first-order valence-corrected chi connectivity index (χ1v) is 11.0. The summed E-state index contributed by atoms with van der Waals surface area (Å²) in [6.45, 7) is 0. The van der Waals surface area contributed by atoms with Crippen molar-refractivity contribution in [3.63, 3.8) is 0 Å². The van der Waals surface area contributed by atoms with Crippen molar-refractivity contribution < 1.29 is 27.3 Å². The Hall–Kier alpha value is 1.12. The van der Waals surface area contributed by atoms with Gasteiger partial charge in [-0.25, -0.2) is 0 Å². The Bertz CT molecular complexity index is 220. The molecule has 0 amide bonds. The first-order valence-electron chi connectivity index (χ1n) is 1.93. The molecule has 0 aliphatic heterocycles. The van der Waals surface area contributed by atoms with E-state index in [1.54, 1.807) is 0 Å². The summed E-state index contributed by atoms with van der Waals surface area (Å²) in [5.74, 6) is 0. The molecule has 0 aromatic carbocycles. The van der Waals surface area contributed by atoms with Crippen molar-refractivity contribution in [1.82, 2.24) is 0 Å². The second kappa shape index (κ2) is 6.56. The standard InChI is InChI=1S/O6P2S4/c1-7(2)11(5)9-10-12(6)8(3)4. The second-order valence-corrected chi connectivity index (χ2v) is 13.4. The van der Waals surface area contributed by atoms with E-state index in [0.717, 1.165) is 0 Å². The molecule has 0 saturated carbocycles. The molecule has 0 aliphatic rings. The third-order valence-electron chi connectivity index (χ3n) is 0.388. The fraction of sp³-hybridized carbons (Fsp3) is 0. The maximum Gasteiger partial charge on any atom is 0.426 e. The molecule has 70 valence electrons. The molecule has 6 nitrogen and oxygen atoms in total. The minimum Gasteiger partial charge on any atom is -0.582 e. The molecule has 0 spiro atoms. The normalized spacial score (nSPS) is 18.2. The van der Waals surface area contributed by atoms with E-state index in [2.05, 4.69) is 0 Å². The van der Waals surface area contributed by atoms with Crippen LogP contribution in [0.1, 0.15) is 0 Å². The van der Waals surface area contributed by atoms with Gasteiger partial charge in [0, 0.05) is 0 Å². The van der Waals surface area contributed by atoms with Crippen molar-refractivity contribution in [3.05, 3.63) is 0 Å². The Morgan fingerprint density at radius 2 is 1.17 bits per heavy atom. The van der Waals surface area contributed by atoms with Gasteiger partial charge in [-0.15, -0.1) is 0 Å². The lowest BCUT2D eigenvalue weighted by Gasteiger charge is -1.86. The zero-order chi connectivity index (χ0) is 9.72. The molecule has 0 aliphatic carbocycles. The molecule has 0 saturated heterocycles. The summed E-state index contributed by atoms with van der Waals surface area (Å²) >= 11 is 0. The Morgan fingerprint density at radius 3 is 1.33 bits per heavy atom. The lowest BCUT2D eigenvalue weighted by molar-refractivity contribution is -0.158. The largest absolute Gasteiger partial charge is 0.582 e. The van der Waals surface area contributed by atoms with Crippen LogP contribution in [0.5, 0.6) is 0 Å². The van der Waals surface area contributed by atoms with Crippen molar-refractivity contribution in [1.29, 1.82) is 0 Å². The van der Waals surface area contributed by atoms with Crippen molar-refractivity contribution >= 4 is 53.0 Å². The topological polar surface area (TPSA) is 114 Å². The zero-order valence-electron chi connectivity index (χ0n) is 4.98. The van der Waals surface area contributed by atoms with E-state index in [4.69, 9.17) is 0 Å². The molecular formula is O6P2S4. The van der Waals surface area contributed by atoms with E-state index < -0.39 is 33.4 Å². The van der Waals surface area contributed by atoms with Crippen LogP contribution in [0.25, 0.3) is 0 Å². The summed E-state index contributed by atoms with van der Waals surface area (Å²) in [4.78, 5) is 19.9. The van der Waals surface area contributed by atoms with Gasteiger partial charge in [0.25, 0.3) is 0 Å². The van der Waals surface area contributed by atoms with E-state index in [1.165, 1.54) is 0 Å². The zero-order valence-corrected chi connectivity index (χ0v) is 10.0. The summed E-state index contributed by atoms with van der Waals surface area (Å²) in [7, 11) is -10.3. The Kier molecular flexibility index (Phi) is 7.17. The minimum absolute atomic E-state index is 0.230. The minimum atomic E-state index is -3.13. The molecule has 0 fully saturated rings. The fourth-order valence-electron chi connectivity index (χ4n) is 0.0972. The van der Waals surface area contributed by atoms with Crippen LogP contribution in [0.4, 0.5) is 0 Å². The van der Waals surface area contributed by atoms with Crippen LogP contribution in [0.15, 0.2) is 0 Å². The highest BCUT2D eigenvalue weighted by Gasteiger charge is 2.23. The molecule has 12 heteroatoms. The van der Waals surface area contributed by atoms with E-state index in [0.29, 0.717) is 0 Å². The molecule has 0 bridgehead atoms. The maximum atomic E-state index is 10.4. The molecule has 4 unspecified atom stereocenters. The number of rotatable bonds is 5. The van der Waals surface area contributed by atoms with E-state index in [9.17, 15) is 27.3 Å². The maximum absolute atomic E-state index is 10.4. The molecule has 0 N–H and O–H groups in total. The van der Waals surface area contributed by atoms with Crippen molar-refractivity contribution in [2.75, 3.05) is 0 Å². The van der Waals surface area contributed by atoms with Crippen LogP contribution in [0.3, 0.4) is 0 Å². The third kappa shape index (κ3) is 5.71. The van der Waals surface area contributed by atoms with Gasteiger partial charge >= 0.3 is 33.4 Å². The van der Waals surface area contributed by atoms with E-state index in [1.807, 2.05) is 0 Å². The van der Waals surface area contributed by atoms with Crippen LogP contribution in [0, 0.1) is 0 Å². The first kappa shape index (κ1) is 13.1. The van der Waals surface area contributed by atoms with Gasteiger partial charge in [0.05, 0.1) is 19.7 Å². The predicted molar refractivity (Wildman–Crippen MR) is 46.7 cm³/mol. The monoisotopic (exact) mass is 286 g/mol. The molecule has 0 aromatic heterocycles. The molecule has 0 aromatic rings. The van der Waals surface area contributed by atoms with Gasteiger partial charge < -0.3 is 9.79 Å². The van der Waals surface area contributed by atoms with E-state index in [-0.39, 0.29) is 19.7 Å². The summed E-state index contributed by atoms with van der Waals surface area (Å²) in [6, 6.07) is 0. The fourth-order valence-corrected chi connectivity index (χ4v) is 11.9. The van der Waals surface area contributed by atoms with Gasteiger partial charge in [-0.3, -0.25) is 0 Å². The van der Waals surface area contributed by atoms with Gasteiger partial charge in [0.2, 0.25) is 0 Å². The van der Waals surface area contributed by atoms with Crippen molar-refractivity contribution in [2.45, 2.75) is 0 Å². The Labute approximate surface area is 80.2 Å². The summed E-state index contributed by atoms with van der Waals surface area (Å²) in [5, 5.41) is 0. The smallest absolute Gasteiger partial charge is 0.426 e. The van der Waals surface area contributed by atoms with Crippen molar-refractivity contribution in [2.24, 2.45) is 0 Å². The van der Waals surface area contributed by atoms with Crippen LogP contribution >= 0.6 is 34.1 Å². The Morgan fingerprint density at radius 1 is 0.917 bits per heavy atom. The highest BCUT2D eigenvalue weighted by molar-refractivity contribution is 9.30. The molecule has 0 heterocycles. The summed E-state index contributed by atoms with van der Waals surface area (Å²) < 4.78 is 40.7. The van der Waals surface area contributed by atoms with Gasteiger partial charge in [-0.2, -0.15) is 8.42 Å². The van der Waals surface area contributed by atoms with Gasteiger partial charge in [0.1, 0.15) is 0 Å². The highest BCUT2D eigenvalue weighted by Crippen LogP contribution is 2.42. The quantitative estimate of drug-likeness (QED) is 0.501.